The second kappa shape index (κ2) is 6.68. The second-order valence-corrected chi connectivity index (χ2v) is 12.2. The summed E-state index contributed by atoms with van der Waals surface area (Å²) in [5.41, 5.74) is 5.25. The zero-order valence-corrected chi connectivity index (χ0v) is 19.4. The number of hydrogen-bond acceptors (Lipinski definition) is 3. The van der Waals surface area contributed by atoms with Gasteiger partial charge in [-0.05, 0) is 99.5 Å². The minimum atomic E-state index is -0.111. The van der Waals surface area contributed by atoms with Crippen molar-refractivity contribution in [3.8, 4) is 0 Å². The van der Waals surface area contributed by atoms with Crippen LogP contribution in [-0.4, -0.2) is 35.5 Å². The lowest BCUT2D eigenvalue weighted by Gasteiger charge is -2.49. The highest BCUT2D eigenvalue weighted by Crippen LogP contribution is 2.65. The molecule has 2 saturated heterocycles. The molecular weight excluding hydrogens is 370 g/mol. The first-order chi connectivity index (χ1) is 14.3. The number of nitrogens with one attached hydrogen (secondary N) is 1. The Morgan fingerprint density at radius 3 is 2.83 bits per heavy atom. The number of hydrogen-bond donors (Lipinski definition) is 2. The van der Waals surface area contributed by atoms with Crippen LogP contribution in [0, 0.1) is 35.0 Å². The van der Waals surface area contributed by atoms with E-state index in [0.717, 1.165) is 43.1 Å². The number of fused-ring (bicyclic) bond motifs is 6. The molecule has 0 aromatic rings. The van der Waals surface area contributed by atoms with Crippen LogP contribution in [-0.2, 0) is 4.74 Å². The molecule has 0 radical (unpaired) electrons. The maximum atomic E-state index is 10.3. The van der Waals surface area contributed by atoms with E-state index in [9.17, 15) is 5.11 Å². The summed E-state index contributed by atoms with van der Waals surface area (Å²) >= 11 is 0. The molecule has 166 valence electrons. The molecule has 0 amide bonds. The largest absolute Gasteiger partial charge is 0.393 e. The van der Waals surface area contributed by atoms with Crippen LogP contribution in [0.3, 0.4) is 0 Å². The molecule has 3 heteroatoms. The number of aliphatic hydroxyl groups is 1. The molecule has 6 rings (SSSR count). The summed E-state index contributed by atoms with van der Waals surface area (Å²) in [6.45, 7) is 10.9. The van der Waals surface area contributed by atoms with Crippen molar-refractivity contribution in [2.75, 3.05) is 6.54 Å². The van der Waals surface area contributed by atoms with Crippen molar-refractivity contribution in [1.82, 2.24) is 5.32 Å². The third-order valence-electron chi connectivity index (χ3n) is 10.9. The third-order valence-corrected chi connectivity index (χ3v) is 10.9. The van der Waals surface area contributed by atoms with Crippen molar-refractivity contribution >= 4 is 0 Å². The minimum Gasteiger partial charge on any atom is -0.393 e. The van der Waals surface area contributed by atoms with Crippen molar-refractivity contribution in [2.45, 2.75) is 103 Å². The lowest BCUT2D eigenvalue weighted by molar-refractivity contribution is -0.0549. The van der Waals surface area contributed by atoms with Gasteiger partial charge in [0.15, 0.2) is 0 Å². The van der Waals surface area contributed by atoms with Gasteiger partial charge in [-0.15, -0.1) is 0 Å². The van der Waals surface area contributed by atoms with E-state index >= 15 is 0 Å². The van der Waals surface area contributed by atoms with E-state index in [2.05, 4.69) is 39.1 Å². The van der Waals surface area contributed by atoms with Crippen LogP contribution in [0.2, 0.25) is 0 Å². The molecule has 2 aliphatic heterocycles. The van der Waals surface area contributed by atoms with E-state index in [1.54, 1.807) is 16.7 Å². The van der Waals surface area contributed by atoms with Crippen molar-refractivity contribution in [1.29, 1.82) is 0 Å². The molecular formula is C27H41NO2. The van der Waals surface area contributed by atoms with Crippen LogP contribution in [0.25, 0.3) is 0 Å². The highest BCUT2D eigenvalue weighted by Gasteiger charge is 2.60. The first-order valence-electron chi connectivity index (χ1n) is 12.8. The molecule has 0 aromatic heterocycles. The normalized spacial score (nSPS) is 55.0. The highest BCUT2D eigenvalue weighted by atomic mass is 16.5. The van der Waals surface area contributed by atoms with Gasteiger partial charge in [0.1, 0.15) is 0 Å². The van der Waals surface area contributed by atoms with Crippen molar-refractivity contribution in [3.63, 3.8) is 0 Å². The summed E-state index contributed by atoms with van der Waals surface area (Å²) in [5.74, 6) is 3.64. The zero-order valence-electron chi connectivity index (χ0n) is 19.4. The monoisotopic (exact) mass is 411 g/mol. The summed E-state index contributed by atoms with van der Waals surface area (Å²) in [6, 6.07) is 0.530. The van der Waals surface area contributed by atoms with Gasteiger partial charge >= 0.3 is 0 Å². The van der Waals surface area contributed by atoms with Gasteiger partial charge in [0.05, 0.1) is 17.8 Å². The fourth-order valence-corrected chi connectivity index (χ4v) is 9.09. The second-order valence-electron chi connectivity index (χ2n) is 12.2. The predicted octanol–water partition coefficient (Wildman–Crippen LogP) is 5.00. The summed E-state index contributed by atoms with van der Waals surface area (Å²) in [7, 11) is 0. The van der Waals surface area contributed by atoms with Gasteiger partial charge in [-0.1, -0.05) is 38.0 Å². The topological polar surface area (TPSA) is 41.5 Å². The SMILES string of the molecule is CC1=C2C[C@H]3[C@@H](CC=C4CC(O)CC[C@@]43C)[C@@H]2CC[C@]12O[C@@H]1C[C@H](C)CN[C@H]1[C@H]2C. The van der Waals surface area contributed by atoms with Crippen LogP contribution < -0.4 is 5.32 Å². The molecule has 4 aliphatic carbocycles. The summed E-state index contributed by atoms with van der Waals surface area (Å²) < 4.78 is 7.03. The quantitative estimate of drug-likeness (QED) is 0.551. The molecule has 30 heavy (non-hydrogen) atoms. The summed E-state index contributed by atoms with van der Waals surface area (Å²) in [6.07, 6.45) is 12.2. The Hall–Kier alpha value is -0.640. The average molecular weight is 412 g/mol. The molecule has 4 fully saturated rings. The lowest BCUT2D eigenvalue weighted by Crippen LogP contribution is -2.49. The summed E-state index contributed by atoms with van der Waals surface area (Å²) in [4.78, 5) is 0. The Morgan fingerprint density at radius 1 is 1.17 bits per heavy atom. The predicted molar refractivity (Wildman–Crippen MR) is 120 cm³/mol. The van der Waals surface area contributed by atoms with Gasteiger partial charge in [-0.25, -0.2) is 0 Å². The van der Waals surface area contributed by atoms with E-state index in [0.29, 0.717) is 23.5 Å². The van der Waals surface area contributed by atoms with E-state index < -0.39 is 0 Å². The maximum Gasteiger partial charge on any atom is 0.0937 e. The smallest absolute Gasteiger partial charge is 0.0937 e. The first kappa shape index (κ1) is 20.0. The molecule has 1 unspecified atom stereocenters. The Bertz CT molecular complexity index is 801. The molecule has 2 heterocycles. The van der Waals surface area contributed by atoms with Crippen LogP contribution in [0.15, 0.2) is 22.8 Å². The number of aliphatic hydroxyl groups excluding tert-OH is 1. The van der Waals surface area contributed by atoms with Crippen molar-refractivity contribution in [2.24, 2.45) is 35.0 Å². The number of ether oxygens (including phenoxy) is 1. The van der Waals surface area contributed by atoms with Gasteiger partial charge < -0.3 is 15.2 Å². The third kappa shape index (κ3) is 2.55. The van der Waals surface area contributed by atoms with Crippen LogP contribution in [0.1, 0.15) is 79.1 Å². The maximum absolute atomic E-state index is 10.3. The van der Waals surface area contributed by atoms with E-state index in [1.165, 1.54) is 38.5 Å². The van der Waals surface area contributed by atoms with Crippen LogP contribution in [0.5, 0.6) is 0 Å². The summed E-state index contributed by atoms with van der Waals surface area (Å²) in [5, 5.41) is 14.1. The highest BCUT2D eigenvalue weighted by molar-refractivity contribution is 5.38. The molecule has 2 saturated carbocycles. The van der Waals surface area contributed by atoms with E-state index in [-0.39, 0.29) is 11.7 Å². The zero-order chi connectivity index (χ0) is 20.8. The van der Waals surface area contributed by atoms with Crippen molar-refractivity contribution < 1.29 is 9.84 Å². The van der Waals surface area contributed by atoms with E-state index in [1.807, 2.05) is 0 Å². The van der Waals surface area contributed by atoms with Gasteiger partial charge in [0.25, 0.3) is 0 Å². The number of rotatable bonds is 0. The molecule has 3 nitrogen and oxygen atoms in total. The fraction of sp³-hybridized carbons (Fsp3) is 0.852. The van der Waals surface area contributed by atoms with Gasteiger partial charge in [-0.2, -0.15) is 0 Å². The Balaban J connectivity index is 1.34. The Morgan fingerprint density at radius 2 is 2.00 bits per heavy atom. The van der Waals surface area contributed by atoms with Gasteiger partial charge in [0, 0.05) is 12.0 Å². The average Bonchev–Trinajstić information content (AvgIpc) is 3.23. The molecule has 10 atom stereocenters. The molecule has 1 spiro atoms. The van der Waals surface area contributed by atoms with Crippen LogP contribution >= 0.6 is 0 Å². The van der Waals surface area contributed by atoms with E-state index in [4.69, 9.17) is 4.74 Å². The molecule has 0 aromatic carbocycles. The lowest BCUT2D eigenvalue weighted by atomic mass is 9.56. The first-order valence-corrected chi connectivity index (χ1v) is 12.8. The minimum absolute atomic E-state index is 0.0222. The standard InChI is InChI=1S/C27H41NO2/c1-15-11-24-25(28-14-15)17(3)27(30-24)10-8-20-21-6-5-18-12-19(29)7-9-26(18,4)23(21)13-22(20)16(27)2/h5,15,17,19-21,23-25,28-29H,6-14H2,1-4H3/t15-,17+,19?,20-,21-,23-,24+,25-,26-,27-/m0/s1. The fourth-order valence-electron chi connectivity index (χ4n) is 9.09. The number of piperidine rings is 1. The van der Waals surface area contributed by atoms with Crippen molar-refractivity contribution in [3.05, 3.63) is 22.8 Å². The number of allylic oxidation sites excluding steroid dienone is 2. The molecule has 6 aliphatic rings. The molecule has 0 bridgehead atoms. The van der Waals surface area contributed by atoms with Gasteiger partial charge in [0.2, 0.25) is 0 Å². The van der Waals surface area contributed by atoms with Gasteiger partial charge in [-0.3, -0.25) is 0 Å². The Labute approximate surface area is 182 Å². The molecule has 2 N–H and O–H groups in total. The Kier molecular flexibility index (Phi) is 4.46. The van der Waals surface area contributed by atoms with Crippen LogP contribution in [0.4, 0.5) is 0 Å².